The number of anilines is 1. The maximum absolute atomic E-state index is 11.8. The number of alkyl halides is 4. The predicted octanol–water partition coefficient (Wildman–Crippen LogP) is 5.75. The molecule has 3 rings (SSSR count). The van der Waals surface area contributed by atoms with Crippen molar-refractivity contribution >= 4 is 31.7 Å². The van der Waals surface area contributed by atoms with Gasteiger partial charge in [-0.05, 0) is 22.8 Å². The SMILES string of the molecule is FC(F)(F)Br.Nc1cccc(-c2ccccc2-c2ccccc2)c1S(=O)(=O)O. The topological polar surface area (TPSA) is 80.4 Å². The molecule has 0 heterocycles. The summed E-state index contributed by atoms with van der Waals surface area (Å²) in [4.78, 5) is -0.261. The Balaban J connectivity index is 0.000000500. The van der Waals surface area contributed by atoms with Gasteiger partial charge in [-0.15, -0.1) is 0 Å². The van der Waals surface area contributed by atoms with E-state index in [0.29, 0.717) is 11.1 Å². The predicted molar refractivity (Wildman–Crippen MR) is 107 cm³/mol. The summed E-state index contributed by atoms with van der Waals surface area (Å²) in [6, 6.07) is 21.8. The van der Waals surface area contributed by atoms with E-state index in [1.54, 1.807) is 12.1 Å². The van der Waals surface area contributed by atoms with E-state index in [-0.39, 0.29) is 10.6 Å². The van der Waals surface area contributed by atoms with E-state index >= 15 is 0 Å². The summed E-state index contributed by atoms with van der Waals surface area (Å²) in [5.74, 6) is 0. The summed E-state index contributed by atoms with van der Waals surface area (Å²) in [6.45, 7) is 0. The van der Waals surface area contributed by atoms with Gasteiger partial charge in [-0.25, -0.2) is 0 Å². The molecule has 3 aromatic carbocycles. The molecular weight excluding hydrogens is 459 g/mol. The lowest BCUT2D eigenvalue weighted by atomic mass is 9.94. The van der Waals surface area contributed by atoms with E-state index in [2.05, 4.69) is 0 Å². The van der Waals surface area contributed by atoms with Gasteiger partial charge in [0.25, 0.3) is 10.1 Å². The maximum atomic E-state index is 11.8. The average molecular weight is 474 g/mol. The van der Waals surface area contributed by atoms with Crippen molar-refractivity contribution in [3.05, 3.63) is 72.8 Å². The van der Waals surface area contributed by atoms with Gasteiger partial charge in [-0.3, -0.25) is 4.55 Å². The molecule has 3 N–H and O–H groups in total. The zero-order chi connectivity index (χ0) is 20.9. The Morgan fingerprint density at radius 1 is 0.786 bits per heavy atom. The minimum absolute atomic E-state index is 0.0212. The number of nitrogen functional groups attached to an aromatic ring is 1. The van der Waals surface area contributed by atoms with Crippen molar-refractivity contribution in [1.82, 2.24) is 0 Å². The molecule has 0 saturated heterocycles. The van der Waals surface area contributed by atoms with Crippen molar-refractivity contribution in [2.45, 2.75) is 9.98 Å². The van der Waals surface area contributed by atoms with Gasteiger partial charge in [-0.1, -0.05) is 66.7 Å². The van der Waals surface area contributed by atoms with Crippen molar-refractivity contribution in [1.29, 1.82) is 0 Å². The smallest absolute Gasteiger partial charge is 0.398 e. The standard InChI is InChI=1S/C18H15NO3S.CBrF3/c19-17-12-6-11-16(18(17)23(20,21)22)15-10-5-4-9-14(15)13-7-2-1-3-8-13;2-1(3,4)5/h1-12H,19H2,(H,20,21,22);. The lowest BCUT2D eigenvalue weighted by molar-refractivity contribution is -0.0245. The number of halogens is 4. The van der Waals surface area contributed by atoms with Gasteiger partial charge < -0.3 is 5.73 Å². The molecule has 0 saturated carbocycles. The van der Waals surface area contributed by atoms with Crippen molar-refractivity contribution in [2.24, 2.45) is 0 Å². The number of hydrogen-bond acceptors (Lipinski definition) is 3. The van der Waals surface area contributed by atoms with Gasteiger partial charge in [-0.2, -0.15) is 21.6 Å². The fraction of sp³-hybridized carbons (Fsp3) is 0.0526. The Morgan fingerprint density at radius 3 is 1.79 bits per heavy atom. The maximum Gasteiger partial charge on any atom is 0.448 e. The molecule has 0 bridgehead atoms. The van der Waals surface area contributed by atoms with Crippen LogP contribution in [0.5, 0.6) is 0 Å². The minimum Gasteiger partial charge on any atom is -0.398 e. The molecule has 0 aliphatic carbocycles. The highest BCUT2D eigenvalue weighted by Crippen LogP contribution is 2.37. The molecule has 3 aromatic rings. The third-order valence-electron chi connectivity index (χ3n) is 3.61. The van der Waals surface area contributed by atoms with Crippen LogP contribution < -0.4 is 5.73 Å². The van der Waals surface area contributed by atoms with Gasteiger partial charge in [0.05, 0.1) is 5.69 Å². The van der Waals surface area contributed by atoms with Crippen LogP contribution in [0.2, 0.25) is 0 Å². The van der Waals surface area contributed by atoms with E-state index in [1.807, 2.05) is 54.6 Å². The second kappa shape index (κ2) is 8.76. The van der Waals surface area contributed by atoms with Gasteiger partial charge in [0.1, 0.15) is 4.90 Å². The summed E-state index contributed by atoms with van der Waals surface area (Å²) in [5, 5.41) is -4.19. The van der Waals surface area contributed by atoms with Crippen molar-refractivity contribution in [2.75, 3.05) is 5.73 Å². The van der Waals surface area contributed by atoms with Crippen LogP contribution in [0, 0.1) is 0 Å². The first-order chi connectivity index (χ1) is 13.0. The summed E-state index contributed by atoms with van der Waals surface area (Å²) >= 11 is 1.38. The van der Waals surface area contributed by atoms with Crippen LogP contribution in [-0.4, -0.2) is 18.1 Å². The second-order valence-electron chi connectivity index (χ2n) is 5.54. The van der Waals surface area contributed by atoms with Crippen LogP contribution in [0.25, 0.3) is 22.3 Å². The van der Waals surface area contributed by atoms with Crippen LogP contribution in [0.1, 0.15) is 0 Å². The molecular formula is C19H15BrF3NO3S. The van der Waals surface area contributed by atoms with Crippen molar-refractivity contribution in [3.63, 3.8) is 0 Å². The molecule has 9 heteroatoms. The monoisotopic (exact) mass is 473 g/mol. The first-order valence-electron chi connectivity index (χ1n) is 7.75. The molecule has 0 radical (unpaired) electrons. The first-order valence-corrected chi connectivity index (χ1v) is 9.98. The molecule has 0 unspecified atom stereocenters. The van der Waals surface area contributed by atoms with Gasteiger partial charge in [0.2, 0.25) is 0 Å². The zero-order valence-corrected chi connectivity index (χ0v) is 16.6. The molecule has 0 aliphatic heterocycles. The van der Waals surface area contributed by atoms with Crippen LogP contribution in [0.3, 0.4) is 0 Å². The molecule has 0 aliphatic rings. The van der Waals surface area contributed by atoms with E-state index < -0.39 is 15.2 Å². The Morgan fingerprint density at radius 2 is 1.25 bits per heavy atom. The normalized spacial score (nSPS) is 11.5. The van der Waals surface area contributed by atoms with E-state index in [1.165, 1.54) is 22.0 Å². The molecule has 0 aromatic heterocycles. The Kier molecular flexibility index (Phi) is 6.87. The van der Waals surface area contributed by atoms with Gasteiger partial charge in [0, 0.05) is 21.5 Å². The van der Waals surface area contributed by atoms with E-state index in [4.69, 9.17) is 5.73 Å². The number of hydrogen-bond donors (Lipinski definition) is 2. The van der Waals surface area contributed by atoms with Gasteiger partial charge >= 0.3 is 5.09 Å². The van der Waals surface area contributed by atoms with E-state index in [0.717, 1.165) is 11.1 Å². The lowest BCUT2D eigenvalue weighted by Gasteiger charge is -2.14. The van der Waals surface area contributed by atoms with Crippen LogP contribution in [0.15, 0.2) is 77.7 Å². The van der Waals surface area contributed by atoms with Crippen molar-refractivity contribution < 1.29 is 26.1 Å². The minimum atomic E-state index is -4.44. The number of nitrogens with two attached hydrogens (primary N) is 1. The Bertz CT molecular complexity index is 1050. The Hall–Kier alpha value is -2.36. The molecule has 0 atom stereocenters. The largest absolute Gasteiger partial charge is 0.448 e. The quantitative estimate of drug-likeness (QED) is 0.288. The zero-order valence-electron chi connectivity index (χ0n) is 14.2. The third kappa shape index (κ3) is 6.08. The lowest BCUT2D eigenvalue weighted by Crippen LogP contribution is -2.05. The molecule has 0 spiro atoms. The summed E-state index contributed by atoms with van der Waals surface area (Å²) in [5.41, 5.74) is 8.71. The highest BCUT2D eigenvalue weighted by Gasteiger charge is 2.21. The van der Waals surface area contributed by atoms with Crippen molar-refractivity contribution in [3.8, 4) is 22.3 Å². The fourth-order valence-electron chi connectivity index (χ4n) is 2.64. The highest BCUT2D eigenvalue weighted by atomic mass is 79.9. The molecule has 28 heavy (non-hydrogen) atoms. The first kappa shape index (κ1) is 21.9. The molecule has 0 amide bonds. The van der Waals surface area contributed by atoms with Gasteiger partial charge in [0.15, 0.2) is 0 Å². The average Bonchev–Trinajstić information content (AvgIpc) is 2.60. The molecule has 0 fully saturated rings. The Labute approximate surface area is 168 Å². The number of rotatable bonds is 3. The van der Waals surface area contributed by atoms with Crippen LogP contribution >= 0.6 is 15.9 Å². The summed E-state index contributed by atoms with van der Waals surface area (Å²) in [6.07, 6.45) is 0. The highest BCUT2D eigenvalue weighted by molar-refractivity contribution is 9.09. The summed E-state index contributed by atoms with van der Waals surface area (Å²) < 4.78 is 63.9. The fourth-order valence-corrected chi connectivity index (χ4v) is 3.46. The molecule has 148 valence electrons. The molecule has 4 nitrogen and oxygen atoms in total. The second-order valence-corrected chi connectivity index (χ2v) is 7.80. The number of benzene rings is 3. The summed E-state index contributed by atoms with van der Waals surface area (Å²) in [7, 11) is -4.44. The van der Waals surface area contributed by atoms with Crippen LogP contribution in [0.4, 0.5) is 18.9 Å². The van der Waals surface area contributed by atoms with E-state index in [9.17, 15) is 26.1 Å². The van der Waals surface area contributed by atoms with Crippen LogP contribution in [-0.2, 0) is 10.1 Å². The third-order valence-corrected chi connectivity index (χ3v) is 4.58.